The molecule has 0 saturated heterocycles. The van der Waals surface area contributed by atoms with Crippen molar-refractivity contribution >= 4 is 29.5 Å². The number of hydrazine groups is 1. The van der Waals surface area contributed by atoms with Crippen LogP contribution in [0.2, 0.25) is 0 Å². The van der Waals surface area contributed by atoms with Gasteiger partial charge in [-0.25, -0.2) is 0 Å². The normalized spacial score (nSPS) is 11.3. The summed E-state index contributed by atoms with van der Waals surface area (Å²) < 4.78 is 0. The lowest BCUT2D eigenvalue weighted by Gasteiger charge is -2.17. The minimum Gasteiger partial charge on any atom is -0.344 e. The van der Waals surface area contributed by atoms with Crippen molar-refractivity contribution in [3.05, 3.63) is 30.1 Å². The molecule has 0 aliphatic carbocycles. The molecule has 1 aromatic rings. The fourth-order valence-corrected chi connectivity index (χ4v) is 2.00. The number of nitrogens with zero attached hydrogens (tertiary/aromatic N) is 1. The molecule has 1 rings (SSSR count). The summed E-state index contributed by atoms with van der Waals surface area (Å²) in [4.78, 5) is 38.6. The third-order valence-electron chi connectivity index (χ3n) is 2.55. The predicted octanol–water partition coefficient (Wildman–Crippen LogP) is 0.100. The van der Waals surface area contributed by atoms with Gasteiger partial charge in [-0.15, -0.1) is 0 Å². The zero-order chi connectivity index (χ0) is 15.7. The highest BCUT2D eigenvalue weighted by molar-refractivity contribution is 7.98. The quantitative estimate of drug-likeness (QED) is 0.647. The standard InChI is InChI=1S/C13H18N4O3S/c1-9(18)15-11(5-8-21-2)13(20)17-16-12(19)10-3-6-14-7-4-10/h3-4,6-7,11H,5,8H2,1-2H3,(H,15,18)(H,16,19)(H,17,20). The van der Waals surface area contributed by atoms with E-state index in [-0.39, 0.29) is 5.91 Å². The van der Waals surface area contributed by atoms with Gasteiger partial charge in [0.25, 0.3) is 11.8 Å². The Balaban J connectivity index is 2.52. The van der Waals surface area contributed by atoms with Crippen molar-refractivity contribution in [3.63, 3.8) is 0 Å². The predicted molar refractivity (Wildman–Crippen MR) is 80.4 cm³/mol. The van der Waals surface area contributed by atoms with Crippen molar-refractivity contribution in [3.8, 4) is 0 Å². The van der Waals surface area contributed by atoms with Crippen LogP contribution in [0.25, 0.3) is 0 Å². The smallest absolute Gasteiger partial charge is 0.269 e. The summed E-state index contributed by atoms with van der Waals surface area (Å²) in [5, 5.41) is 2.55. The van der Waals surface area contributed by atoms with Crippen molar-refractivity contribution in [2.45, 2.75) is 19.4 Å². The Bertz CT molecular complexity index is 495. The number of pyridine rings is 1. The first-order valence-corrected chi connectivity index (χ1v) is 7.70. The molecule has 3 N–H and O–H groups in total. The largest absolute Gasteiger partial charge is 0.344 e. The van der Waals surface area contributed by atoms with Crippen LogP contribution in [0.5, 0.6) is 0 Å². The molecule has 0 radical (unpaired) electrons. The second-order valence-corrected chi connectivity index (χ2v) is 5.20. The molecule has 114 valence electrons. The molecule has 7 nitrogen and oxygen atoms in total. The highest BCUT2D eigenvalue weighted by Crippen LogP contribution is 2.01. The number of carbonyl (C=O) groups is 3. The van der Waals surface area contributed by atoms with Gasteiger partial charge in [-0.05, 0) is 30.6 Å². The number of carbonyl (C=O) groups excluding carboxylic acids is 3. The fraction of sp³-hybridized carbons (Fsp3) is 0.385. The second kappa shape index (κ2) is 8.96. The molecule has 1 heterocycles. The molecule has 3 amide bonds. The van der Waals surface area contributed by atoms with Gasteiger partial charge < -0.3 is 5.32 Å². The Kier molecular flexibility index (Phi) is 7.24. The maximum absolute atomic E-state index is 12.0. The molecule has 1 atom stereocenters. The van der Waals surface area contributed by atoms with Crippen LogP contribution in [-0.4, -0.2) is 40.8 Å². The maximum atomic E-state index is 12.0. The van der Waals surface area contributed by atoms with Crippen LogP contribution in [0.4, 0.5) is 0 Å². The van der Waals surface area contributed by atoms with E-state index in [1.807, 2.05) is 6.26 Å². The Labute approximate surface area is 127 Å². The lowest BCUT2D eigenvalue weighted by Crippen LogP contribution is -2.52. The summed E-state index contributed by atoms with van der Waals surface area (Å²) in [6.45, 7) is 1.34. The molecule has 0 bridgehead atoms. The van der Waals surface area contributed by atoms with Gasteiger partial charge in [0.2, 0.25) is 5.91 Å². The van der Waals surface area contributed by atoms with Gasteiger partial charge in [-0.1, -0.05) is 0 Å². The van der Waals surface area contributed by atoms with Crippen LogP contribution < -0.4 is 16.2 Å². The Morgan fingerprint density at radius 2 is 1.90 bits per heavy atom. The van der Waals surface area contributed by atoms with Crippen LogP contribution in [0, 0.1) is 0 Å². The SMILES string of the molecule is CSCCC(NC(C)=O)C(=O)NNC(=O)c1ccncc1. The summed E-state index contributed by atoms with van der Waals surface area (Å²) in [6.07, 6.45) is 5.36. The van der Waals surface area contributed by atoms with E-state index < -0.39 is 17.9 Å². The molecule has 21 heavy (non-hydrogen) atoms. The monoisotopic (exact) mass is 310 g/mol. The van der Waals surface area contributed by atoms with Gasteiger partial charge in [-0.2, -0.15) is 11.8 Å². The number of amides is 3. The van der Waals surface area contributed by atoms with Gasteiger partial charge in [0.1, 0.15) is 6.04 Å². The average molecular weight is 310 g/mol. The van der Waals surface area contributed by atoms with Crippen molar-refractivity contribution < 1.29 is 14.4 Å². The van der Waals surface area contributed by atoms with E-state index in [0.717, 1.165) is 5.75 Å². The summed E-state index contributed by atoms with van der Waals surface area (Å²) in [5.74, 6) is -0.480. The molecule has 1 aromatic heterocycles. The number of nitrogens with one attached hydrogen (secondary N) is 3. The highest BCUT2D eigenvalue weighted by atomic mass is 32.2. The van der Waals surface area contributed by atoms with E-state index in [2.05, 4.69) is 21.2 Å². The fourth-order valence-electron chi connectivity index (χ4n) is 1.53. The van der Waals surface area contributed by atoms with Crippen LogP contribution in [0.15, 0.2) is 24.5 Å². The Morgan fingerprint density at radius 3 is 2.48 bits per heavy atom. The highest BCUT2D eigenvalue weighted by Gasteiger charge is 2.19. The van der Waals surface area contributed by atoms with E-state index in [1.54, 1.807) is 11.8 Å². The molecule has 0 aliphatic heterocycles. The van der Waals surface area contributed by atoms with Gasteiger partial charge in [0.15, 0.2) is 0 Å². The lowest BCUT2D eigenvalue weighted by molar-refractivity contribution is -0.128. The number of aromatic nitrogens is 1. The number of hydrogen-bond acceptors (Lipinski definition) is 5. The van der Waals surface area contributed by atoms with Crippen molar-refractivity contribution in [1.29, 1.82) is 0 Å². The van der Waals surface area contributed by atoms with E-state index in [1.165, 1.54) is 31.5 Å². The van der Waals surface area contributed by atoms with E-state index in [4.69, 9.17) is 0 Å². The van der Waals surface area contributed by atoms with E-state index in [0.29, 0.717) is 12.0 Å². The van der Waals surface area contributed by atoms with Crippen LogP contribution in [0.1, 0.15) is 23.7 Å². The van der Waals surface area contributed by atoms with Crippen LogP contribution >= 0.6 is 11.8 Å². The van der Waals surface area contributed by atoms with Crippen molar-refractivity contribution in [2.75, 3.05) is 12.0 Å². The number of rotatable bonds is 6. The van der Waals surface area contributed by atoms with Crippen LogP contribution in [0.3, 0.4) is 0 Å². The summed E-state index contributed by atoms with van der Waals surface area (Å²) in [7, 11) is 0. The molecule has 0 aromatic carbocycles. The molecule has 8 heteroatoms. The first-order valence-electron chi connectivity index (χ1n) is 6.31. The van der Waals surface area contributed by atoms with Crippen LogP contribution in [-0.2, 0) is 9.59 Å². The van der Waals surface area contributed by atoms with Gasteiger partial charge in [0, 0.05) is 24.9 Å². The second-order valence-electron chi connectivity index (χ2n) is 4.21. The third kappa shape index (κ3) is 6.26. The van der Waals surface area contributed by atoms with Crippen molar-refractivity contribution in [1.82, 2.24) is 21.2 Å². The maximum Gasteiger partial charge on any atom is 0.269 e. The summed E-state index contributed by atoms with van der Waals surface area (Å²) in [6, 6.07) is 2.38. The molecule has 0 aliphatic rings. The van der Waals surface area contributed by atoms with Crippen molar-refractivity contribution in [2.24, 2.45) is 0 Å². The molecular weight excluding hydrogens is 292 g/mol. The van der Waals surface area contributed by atoms with E-state index in [9.17, 15) is 14.4 Å². The first kappa shape index (κ1) is 17.0. The van der Waals surface area contributed by atoms with E-state index >= 15 is 0 Å². The molecule has 0 fully saturated rings. The Hall–Kier alpha value is -2.09. The third-order valence-corrected chi connectivity index (χ3v) is 3.19. The number of thioether (sulfide) groups is 1. The van der Waals surface area contributed by atoms with Gasteiger partial charge >= 0.3 is 0 Å². The van der Waals surface area contributed by atoms with Gasteiger partial charge in [0.05, 0.1) is 0 Å². The number of hydrogen-bond donors (Lipinski definition) is 3. The molecular formula is C13H18N4O3S. The zero-order valence-electron chi connectivity index (χ0n) is 11.9. The lowest BCUT2D eigenvalue weighted by atomic mass is 10.2. The average Bonchev–Trinajstić information content (AvgIpc) is 2.49. The summed E-state index contributed by atoms with van der Waals surface area (Å²) >= 11 is 1.57. The zero-order valence-corrected chi connectivity index (χ0v) is 12.7. The Morgan fingerprint density at radius 1 is 1.24 bits per heavy atom. The topological polar surface area (TPSA) is 100 Å². The molecule has 0 saturated carbocycles. The molecule has 1 unspecified atom stereocenters. The summed E-state index contributed by atoms with van der Waals surface area (Å²) in [5.41, 5.74) is 5.00. The minimum absolute atomic E-state index is 0.295. The van der Waals surface area contributed by atoms with Gasteiger partial charge in [-0.3, -0.25) is 30.2 Å². The molecule has 0 spiro atoms. The minimum atomic E-state index is -0.673. The first-order chi connectivity index (χ1) is 10.0.